The Morgan fingerprint density at radius 2 is 0.958 bits per heavy atom. The van der Waals surface area contributed by atoms with Crippen LogP contribution in [0.15, 0.2) is 103 Å². The molecular weight excluding hydrogens is 331 g/mol. The molecule has 3 rings (SSSR count). The van der Waals surface area contributed by atoms with Gasteiger partial charge >= 0.3 is 0 Å². The van der Waals surface area contributed by atoms with E-state index in [4.69, 9.17) is 11.6 Å². The third-order valence-corrected chi connectivity index (χ3v) is 8.70. The summed E-state index contributed by atoms with van der Waals surface area (Å²) in [5.41, 5.74) is 0. The largest absolute Gasteiger partial charge is 0.122 e. The Morgan fingerprint density at radius 3 is 1.29 bits per heavy atom. The Bertz CT molecular complexity index is 670. The number of alkyl halides is 1. The lowest BCUT2D eigenvalue weighted by molar-refractivity contribution is 1.61. The normalized spacial score (nSPS) is 11.7. The molecule has 0 aliphatic rings. The quantitative estimate of drug-likeness (QED) is 0.341. The molecule has 24 heavy (non-hydrogen) atoms. The summed E-state index contributed by atoms with van der Waals surface area (Å²) in [5.74, 6) is 0.554. The van der Waals surface area contributed by atoms with E-state index >= 15 is 0 Å². The second-order valence-electron chi connectivity index (χ2n) is 5.62. The SMILES string of the molecule is ClC/C=C/C[P+](c1ccccc1)(c1ccccc1)c1ccccc1. The zero-order valence-corrected chi connectivity index (χ0v) is 15.2. The summed E-state index contributed by atoms with van der Waals surface area (Å²) in [6.07, 6.45) is 5.29. The van der Waals surface area contributed by atoms with Crippen LogP contribution in [0, 0.1) is 0 Å². The van der Waals surface area contributed by atoms with E-state index in [1.807, 2.05) is 0 Å². The monoisotopic (exact) mass is 351 g/mol. The first-order valence-corrected chi connectivity index (χ1v) is 10.6. The van der Waals surface area contributed by atoms with Crippen LogP contribution < -0.4 is 15.9 Å². The molecule has 0 radical (unpaired) electrons. The lowest BCUT2D eigenvalue weighted by atomic mass is 10.4. The molecule has 0 saturated carbocycles. The van der Waals surface area contributed by atoms with Crippen LogP contribution in [0.2, 0.25) is 0 Å². The van der Waals surface area contributed by atoms with Crippen LogP contribution in [0.25, 0.3) is 0 Å². The van der Waals surface area contributed by atoms with Gasteiger partial charge in [-0.05, 0) is 42.5 Å². The molecule has 0 bridgehead atoms. The Labute approximate surface area is 150 Å². The van der Waals surface area contributed by atoms with Gasteiger partial charge in [0.05, 0.1) is 6.16 Å². The predicted molar refractivity (Wildman–Crippen MR) is 110 cm³/mol. The average molecular weight is 352 g/mol. The molecule has 3 aromatic carbocycles. The van der Waals surface area contributed by atoms with Crippen LogP contribution in [0.4, 0.5) is 0 Å². The summed E-state index contributed by atoms with van der Waals surface area (Å²) in [5, 5.41) is 4.21. The van der Waals surface area contributed by atoms with Crippen LogP contribution in [0.3, 0.4) is 0 Å². The molecule has 0 aromatic heterocycles. The number of allylic oxidation sites excluding steroid dienone is 2. The van der Waals surface area contributed by atoms with E-state index in [1.165, 1.54) is 15.9 Å². The van der Waals surface area contributed by atoms with Crippen molar-refractivity contribution in [1.82, 2.24) is 0 Å². The first-order chi connectivity index (χ1) is 11.9. The zero-order chi connectivity index (χ0) is 16.7. The van der Waals surface area contributed by atoms with Gasteiger partial charge in [-0.3, -0.25) is 0 Å². The van der Waals surface area contributed by atoms with E-state index in [2.05, 4.69) is 103 Å². The smallest absolute Gasteiger partial charge is 0.115 e. The molecule has 0 amide bonds. The highest BCUT2D eigenvalue weighted by atomic mass is 35.5. The number of benzene rings is 3. The van der Waals surface area contributed by atoms with Crippen molar-refractivity contribution in [2.24, 2.45) is 0 Å². The highest BCUT2D eigenvalue weighted by molar-refractivity contribution is 7.95. The minimum Gasteiger partial charge on any atom is -0.122 e. The molecule has 0 heterocycles. The standard InChI is InChI=1S/C22H21ClP/c23-18-10-11-19-24(20-12-4-1-5-13-20,21-14-6-2-7-15-21)22-16-8-3-9-17-22/h1-17H,18-19H2/q+1/b11-10+. The topological polar surface area (TPSA) is 0 Å². The van der Waals surface area contributed by atoms with Gasteiger partial charge in [0.25, 0.3) is 0 Å². The zero-order valence-electron chi connectivity index (χ0n) is 13.6. The molecule has 120 valence electrons. The molecule has 0 nitrogen and oxygen atoms in total. The fourth-order valence-electron chi connectivity index (χ4n) is 3.11. The van der Waals surface area contributed by atoms with Crippen molar-refractivity contribution >= 4 is 34.8 Å². The Morgan fingerprint density at radius 1 is 0.583 bits per heavy atom. The van der Waals surface area contributed by atoms with E-state index in [0.717, 1.165) is 6.16 Å². The number of halogens is 1. The average Bonchev–Trinajstić information content (AvgIpc) is 2.68. The Balaban J connectivity index is 2.26. The summed E-state index contributed by atoms with van der Waals surface area (Å²) in [6.45, 7) is 0. The second kappa shape index (κ2) is 8.29. The summed E-state index contributed by atoms with van der Waals surface area (Å²) < 4.78 is 0. The number of rotatable bonds is 6. The highest BCUT2D eigenvalue weighted by Gasteiger charge is 2.43. The van der Waals surface area contributed by atoms with E-state index in [-0.39, 0.29) is 0 Å². The molecule has 0 fully saturated rings. The van der Waals surface area contributed by atoms with Crippen LogP contribution in [-0.2, 0) is 0 Å². The van der Waals surface area contributed by atoms with Crippen LogP contribution in [0.5, 0.6) is 0 Å². The van der Waals surface area contributed by atoms with Crippen LogP contribution in [0.1, 0.15) is 0 Å². The number of hydrogen-bond donors (Lipinski definition) is 0. The molecular formula is C22H21ClP+. The van der Waals surface area contributed by atoms with Crippen molar-refractivity contribution in [1.29, 1.82) is 0 Å². The third-order valence-electron chi connectivity index (χ3n) is 4.23. The van der Waals surface area contributed by atoms with Crippen molar-refractivity contribution in [3.63, 3.8) is 0 Å². The summed E-state index contributed by atoms with van der Waals surface area (Å²) in [6, 6.07) is 32.7. The summed E-state index contributed by atoms with van der Waals surface area (Å²) >= 11 is 5.89. The first-order valence-electron chi connectivity index (χ1n) is 8.14. The maximum Gasteiger partial charge on any atom is 0.115 e. The molecule has 2 heteroatoms. The second-order valence-corrected chi connectivity index (χ2v) is 9.47. The summed E-state index contributed by atoms with van der Waals surface area (Å²) in [4.78, 5) is 0. The molecule has 0 spiro atoms. The molecule has 0 atom stereocenters. The van der Waals surface area contributed by atoms with Gasteiger partial charge in [0.1, 0.15) is 23.2 Å². The molecule has 0 N–H and O–H groups in total. The van der Waals surface area contributed by atoms with E-state index < -0.39 is 7.26 Å². The lowest BCUT2D eigenvalue weighted by Gasteiger charge is -2.26. The maximum absolute atomic E-state index is 5.89. The van der Waals surface area contributed by atoms with Gasteiger partial charge in [-0.15, -0.1) is 11.6 Å². The minimum absolute atomic E-state index is 0.554. The maximum atomic E-state index is 5.89. The molecule has 0 saturated heterocycles. The molecule has 0 aliphatic heterocycles. The van der Waals surface area contributed by atoms with Crippen molar-refractivity contribution in [2.75, 3.05) is 12.0 Å². The lowest BCUT2D eigenvalue weighted by Crippen LogP contribution is -2.32. The van der Waals surface area contributed by atoms with Gasteiger partial charge in [0.2, 0.25) is 0 Å². The van der Waals surface area contributed by atoms with Gasteiger partial charge in [0.15, 0.2) is 0 Å². The van der Waals surface area contributed by atoms with E-state index in [9.17, 15) is 0 Å². The van der Waals surface area contributed by atoms with Crippen molar-refractivity contribution < 1.29 is 0 Å². The molecule has 0 unspecified atom stereocenters. The Hall–Kier alpha value is -1.88. The minimum atomic E-state index is -1.73. The predicted octanol–water partition coefficient (Wildman–Crippen LogP) is 4.78. The van der Waals surface area contributed by atoms with Crippen LogP contribution >= 0.6 is 18.9 Å². The molecule has 0 aliphatic carbocycles. The number of hydrogen-bond acceptors (Lipinski definition) is 0. The van der Waals surface area contributed by atoms with Gasteiger partial charge in [-0.1, -0.05) is 60.7 Å². The van der Waals surface area contributed by atoms with Crippen LogP contribution in [-0.4, -0.2) is 12.0 Å². The highest BCUT2D eigenvalue weighted by Crippen LogP contribution is 2.55. The van der Waals surface area contributed by atoms with E-state index in [1.54, 1.807) is 0 Å². The van der Waals surface area contributed by atoms with Crippen molar-refractivity contribution in [3.8, 4) is 0 Å². The third kappa shape index (κ3) is 3.46. The van der Waals surface area contributed by atoms with Gasteiger partial charge in [-0.25, -0.2) is 0 Å². The first kappa shape index (κ1) is 17.0. The Kier molecular flexibility index (Phi) is 5.86. The van der Waals surface area contributed by atoms with Crippen molar-refractivity contribution in [3.05, 3.63) is 103 Å². The molecule has 3 aromatic rings. The van der Waals surface area contributed by atoms with E-state index in [0.29, 0.717) is 5.88 Å². The summed E-state index contributed by atoms with van der Waals surface area (Å²) in [7, 11) is -1.73. The van der Waals surface area contributed by atoms with Crippen molar-refractivity contribution in [2.45, 2.75) is 0 Å². The van der Waals surface area contributed by atoms with Gasteiger partial charge in [-0.2, -0.15) is 0 Å². The fraction of sp³-hybridized carbons (Fsp3) is 0.0909. The van der Waals surface area contributed by atoms with Gasteiger partial charge < -0.3 is 0 Å². The van der Waals surface area contributed by atoms with Gasteiger partial charge in [0, 0.05) is 5.88 Å². The fourth-order valence-corrected chi connectivity index (χ4v) is 7.27.